The molecule has 2 aromatic heterocycles. The number of thiazole rings is 1. The van der Waals surface area contributed by atoms with E-state index in [1.165, 1.54) is 0 Å². The van der Waals surface area contributed by atoms with Gasteiger partial charge in [-0.05, 0) is 5.41 Å². The molecule has 1 N–H and O–H groups in total. The second kappa shape index (κ2) is 3.94. The first-order valence-electron chi connectivity index (χ1n) is 5.16. The van der Waals surface area contributed by atoms with Crippen LogP contribution >= 0.6 is 11.3 Å². The molecule has 0 aliphatic heterocycles. The molecule has 15 heavy (non-hydrogen) atoms. The van der Waals surface area contributed by atoms with Gasteiger partial charge in [0.15, 0.2) is 4.96 Å². The molecule has 0 unspecified atom stereocenters. The molecule has 82 valence electrons. The van der Waals surface area contributed by atoms with Crippen molar-refractivity contribution in [1.29, 1.82) is 0 Å². The Labute approximate surface area is 94.1 Å². The van der Waals surface area contributed by atoms with Crippen LogP contribution < -0.4 is 5.32 Å². The summed E-state index contributed by atoms with van der Waals surface area (Å²) in [6.45, 7) is 8.55. The van der Waals surface area contributed by atoms with Crippen molar-refractivity contribution in [3.05, 3.63) is 23.5 Å². The average Bonchev–Trinajstić information content (AvgIpc) is 2.60. The quantitative estimate of drug-likeness (QED) is 0.866. The van der Waals surface area contributed by atoms with Crippen LogP contribution in [-0.2, 0) is 6.54 Å². The van der Waals surface area contributed by atoms with Gasteiger partial charge in [-0.15, -0.1) is 11.3 Å². The van der Waals surface area contributed by atoms with E-state index in [1.54, 1.807) is 11.3 Å². The highest BCUT2D eigenvalue weighted by Crippen LogP contribution is 2.13. The third-order valence-electron chi connectivity index (χ3n) is 2.10. The van der Waals surface area contributed by atoms with Gasteiger partial charge in [-0.2, -0.15) is 0 Å². The Balaban J connectivity index is 1.93. The third kappa shape index (κ3) is 2.79. The number of fused-ring (bicyclic) bond motifs is 1. The largest absolute Gasteiger partial charge is 0.311 e. The summed E-state index contributed by atoms with van der Waals surface area (Å²) in [4.78, 5) is 5.58. The maximum absolute atomic E-state index is 4.51. The molecule has 0 bridgehead atoms. The van der Waals surface area contributed by atoms with E-state index in [9.17, 15) is 0 Å². The number of aromatic nitrogens is 2. The van der Waals surface area contributed by atoms with Crippen molar-refractivity contribution < 1.29 is 0 Å². The number of rotatable bonds is 3. The minimum atomic E-state index is 0.330. The van der Waals surface area contributed by atoms with Crippen molar-refractivity contribution in [2.24, 2.45) is 5.41 Å². The SMILES string of the molecule is CC(C)(C)CNCc1cn2ccsc2n1. The molecule has 2 rings (SSSR count). The maximum atomic E-state index is 4.51. The van der Waals surface area contributed by atoms with Crippen molar-refractivity contribution >= 4 is 16.3 Å². The molecule has 0 spiro atoms. The molecule has 4 heteroatoms. The zero-order chi connectivity index (χ0) is 10.9. The van der Waals surface area contributed by atoms with Crippen LogP contribution in [0.15, 0.2) is 17.8 Å². The molecule has 0 atom stereocenters. The Morgan fingerprint density at radius 2 is 2.27 bits per heavy atom. The van der Waals surface area contributed by atoms with E-state index in [2.05, 4.69) is 47.0 Å². The molecular formula is C11H17N3S. The van der Waals surface area contributed by atoms with E-state index in [4.69, 9.17) is 0 Å². The highest BCUT2D eigenvalue weighted by atomic mass is 32.1. The molecule has 0 fully saturated rings. The lowest BCUT2D eigenvalue weighted by Crippen LogP contribution is -2.26. The molecule has 0 aromatic carbocycles. The second-order valence-corrected chi connectivity index (χ2v) is 5.86. The molecule has 0 saturated carbocycles. The normalized spacial score (nSPS) is 12.5. The second-order valence-electron chi connectivity index (χ2n) is 4.99. The van der Waals surface area contributed by atoms with Gasteiger partial charge in [0.05, 0.1) is 5.69 Å². The number of nitrogens with zero attached hydrogens (tertiary/aromatic N) is 2. The summed E-state index contributed by atoms with van der Waals surface area (Å²) >= 11 is 1.67. The molecule has 3 nitrogen and oxygen atoms in total. The minimum absolute atomic E-state index is 0.330. The highest BCUT2D eigenvalue weighted by molar-refractivity contribution is 7.15. The fraction of sp³-hybridized carbons (Fsp3) is 0.545. The van der Waals surface area contributed by atoms with Crippen LogP contribution in [0.3, 0.4) is 0 Å². The predicted molar refractivity (Wildman–Crippen MR) is 64.2 cm³/mol. The van der Waals surface area contributed by atoms with Crippen molar-refractivity contribution in [3.8, 4) is 0 Å². The van der Waals surface area contributed by atoms with Gasteiger partial charge in [0.2, 0.25) is 0 Å². The van der Waals surface area contributed by atoms with Gasteiger partial charge >= 0.3 is 0 Å². The highest BCUT2D eigenvalue weighted by Gasteiger charge is 2.09. The number of hydrogen-bond acceptors (Lipinski definition) is 3. The van der Waals surface area contributed by atoms with Crippen LogP contribution in [0.1, 0.15) is 26.5 Å². The zero-order valence-corrected chi connectivity index (χ0v) is 10.3. The van der Waals surface area contributed by atoms with Gasteiger partial charge in [-0.3, -0.25) is 4.40 Å². The summed E-state index contributed by atoms with van der Waals surface area (Å²) in [6, 6.07) is 0. The van der Waals surface area contributed by atoms with Crippen molar-refractivity contribution in [3.63, 3.8) is 0 Å². The summed E-state index contributed by atoms with van der Waals surface area (Å²) in [5.41, 5.74) is 1.45. The first kappa shape index (κ1) is 10.6. The van der Waals surface area contributed by atoms with E-state index in [-0.39, 0.29) is 0 Å². The van der Waals surface area contributed by atoms with Gasteiger partial charge in [-0.25, -0.2) is 4.98 Å². The summed E-state index contributed by atoms with van der Waals surface area (Å²) in [5, 5.41) is 5.47. The lowest BCUT2D eigenvalue weighted by atomic mass is 9.97. The Kier molecular flexibility index (Phi) is 2.80. The molecule has 0 aliphatic rings. The lowest BCUT2D eigenvalue weighted by molar-refractivity contribution is 0.378. The van der Waals surface area contributed by atoms with Gasteiger partial charge in [0.1, 0.15) is 0 Å². The zero-order valence-electron chi connectivity index (χ0n) is 9.45. The fourth-order valence-corrected chi connectivity index (χ4v) is 2.15. The maximum Gasteiger partial charge on any atom is 0.193 e. The summed E-state index contributed by atoms with van der Waals surface area (Å²) in [5.74, 6) is 0. The Hall–Kier alpha value is -0.870. The number of hydrogen-bond donors (Lipinski definition) is 1. The van der Waals surface area contributed by atoms with Crippen molar-refractivity contribution in [1.82, 2.24) is 14.7 Å². The topological polar surface area (TPSA) is 29.3 Å². The van der Waals surface area contributed by atoms with Gasteiger partial charge in [0.25, 0.3) is 0 Å². The molecule has 0 radical (unpaired) electrons. The van der Waals surface area contributed by atoms with E-state index in [0.29, 0.717) is 5.41 Å². The van der Waals surface area contributed by atoms with Crippen LogP contribution in [-0.4, -0.2) is 15.9 Å². The van der Waals surface area contributed by atoms with E-state index in [1.807, 2.05) is 6.20 Å². The van der Waals surface area contributed by atoms with Crippen LogP contribution in [0.5, 0.6) is 0 Å². The van der Waals surface area contributed by atoms with Gasteiger partial charge < -0.3 is 5.32 Å². The Morgan fingerprint density at radius 1 is 1.47 bits per heavy atom. The van der Waals surface area contributed by atoms with E-state index < -0.39 is 0 Å². The molecule has 0 aliphatic carbocycles. The lowest BCUT2D eigenvalue weighted by Gasteiger charge is -2.18. The van der Waals surface area contributed by atoms with Gasteiger partial charge in [-0.1, -0.05) is 20.8 Å². The molecule has 2 aromatic rings. The number of nitrogens with one attached hydrogen (secondary N) is 1. The summed E-state index contributed by atoms with van der Waals surface area (Å²) in [6.07, 6.45) is 4.13. The number of imidazole rings is 1. The summed E-state index contributed by atoms with van der Waals surface area (Å²) < 4.78 is 2.07. The standard InChI is InChI=1S/C11H17N3S/c1-11(2,3)8-12-6-9-7-14-4-5-15-10(14)13-9/h4-5,7,12H,6,8H2,1-3H3. The smallest absolute Gasteiger partial charge is 0.193 e. The van der Waals surface area contributed by atoms with Crippen LogP contribution in [0.25, 0.3) is 4.96 Å². The molecule has 0 amide bonds. The van der Waals surface area contributed by atoms with Gasteiger partial charge in [0, 0.05) is 30.9 Å². The predicted octanol–water partition coefficient (Wildman–Crippen LogP) is 2.53. The Bertz CT molecular complexity index is 407. The first-order chi connectivity index (χ1) is 7.04. The van der Waals surface area contributed by atoms with E-state index in [0.717, 1.165) is 23.7 Å². The van der Waals surface area contributed by atoms with Crippen LogP contribution in [0.2, 0.25) is 0 Å². The summed E-state index contributed by atoms with van der Waals surface area (Å²) in [7, 11) is 0. The van der Waals surface area contributed by atoms with Crippen LogP contribution in [0, 0.1) is 5.41 Å². The average molecular weight is 223 g/mol. The Morgan fingerprint density at radius 3 is 2.93 bits per heavy atom. The minimum Gasteiger partial charge on any atom is -0.311 e. The first-order valence-corrected chi connectivity index (χ1v) is 6.04. The van der Waals surface area contributed by atoms with Crippen LogP contribution in [0.4, 0.5) is 0 Å². The fourth-order valence-electron chi connectivity index (χ4n) is 1.43. The monoisotopic (exact) mass is 223 g/mol. The molecular weight excluding hydrogens is 206 g/mol. The molecule has 2 heterocycles. The van der Waals surface area contributed by atoms with E-state index >= 15 is 0 Å². The third-order valence-corrected chi connectivity index (χ3v) is 2.88. The van der Waals surface area contributed by atoms with Crippen molar-refractivity contribution in [2.75, 3.05) is 6.54 Å². The van der Waals surface area contributed by atoms with Crippen molar-refractivity contribution in [2.45, 2.75) is 27.3 Å². The molecule has 0 saturated heterocycles.